The SMILES string of the molecule is COc1ccccc1Nc1ncccc1C(=O)NCCCN. The van der Waals surface area contributed by atoms with Crippen LogP contribution >= 0.6 is 0 Å². The van der Waals surface area contributed by atoms with Crippen LogP contribution < -0.4 is 21.1 Å². The van der Waals surface area contributed by atoms with Gasteiger partial charge in [-0.2, -0.15) is 0 Å². The molecule has 1 aromatic carbocycles. The summed E-state index contributed by atoms with van der Waals surface area (Å²) in [5.74, 6) is 0.985. The maximum absolute atomic E-state index is 12.2. The van der Waals surface area contributed by atoms with Crippen LogP contribution in [0.25, 0.3) is 0 Å². The normalized spacial score (nSPS) is 10.1. The van der Waals surface area contributed by atoms with E-state index < -0.39 is 0 Å². The van der Waals surface area contributed by atoms with E-state index in [0.717, 1.165) is 12.1 Å². The summed E-state index contributed by atoms with van der Waals surface area (Å²) in [5.41, 5.74) is 6.65. The molecule has 0 aliphatic carbocycles. The first kappa shape index (κ1) is 15.8. The summed E-state index contributed by atoms with van der Waals surface area (Å²) in [7, 11) is 1.60. The Hall–Kier alpha value is -2.60. The smallest absolute Gasteiger partial charge is 0.255 e. The third-order valence-corrected chi connectivity index (χ3v) is 3.08. The highest BCUT2D eigenvalue weighted by atomic mass is 16.5. The molecule has 0 aliphatic rings. The van der Waals surface area contributed by atoms with Crippen molar-refractivity contribution in [1.82, 2.24) is 10.3 Å². The van der Waals surface area contributed by atoms with E-state index in [4.69, 9.17) is 10.5 Å². The van der Waals surface area contributed by atoms with Crippen LogP contribution in [-0.2, 0) is 0 Å². The number of nitrogens with zero attached hydrogens (tertiary/aromatic N) is 1. The molecule has 2 aromatic rings. The van der Waals surface area contributed by atoms with Gasteiger partial charge < -0.3 is 21.1 Å². The fourth-order valence-electron chi connectivity index (χ4n) is 1.96. The monoisotopic (exact) mass is 300 g/mol. The number of nitrogens with two attached hydrogens (primary N) is 1. The van der Waals surface area contributed by atoms with Gasteiger partial charge in [-0.1, -0.05) is 12.1 Å². The number of nitrogens with one attached hydrogen (secondary N) is 2. The molecule has 0 spiro atoms. The Balaban J connectivity index is 2.19. The second-order valence-corrected chi connectivity index (χ2v) is 4.62. The van der Waals surface area contributed by atoms with Gasteiger partial charge in [0, 0.05) is 12.7 Å². The first-order valence-electron chi connectivity index (χ1n) is 7.09. The van der Waals surface area contributed by atoms with Crippen LogP contribution in [0.4, 0.5) is 11.5 Å². The third-order valence-electron chi connectivity index (χ3n) is 3.08. The fraction of sp³-hybridized carbons (Fsp3) is 0.250. The van der Waals surface area contributed by atoms with E-state index in [1.54, 1.807) is 25.4 Å². The maximum atomic E-state index is 12.2. The van der Waals surface area contributed by atoms with Crippen LogP contribution in [0.1, 0.15) is 16.8 Å². The molecule has 0 saturated carbocycles. The van der Waals surface area contributed by atoms with Crippen molar-refractivity contribution < 1.29 is 9.53 Å². The predicted octanol–water partition coefficient (Wildman–Crippen LogP) is 1.91. The molecular weight excluding hydrogens is 280 g/mol. The molecule has 4 N–H and O–H groups in total. The van der Waals surface area contributed by atoms with Crippen molar-refractivity contribution >= 4 is 17.4 Å². The summed E-state index contributed by atoms with van der Waals surface area (Å²) in [5, 5.41) is 5.97. The van der Waals surface area contributed by atoms with Gasteiger partial charge in [-0.05, 0) is 37.2 Å². The van der Waals surface area contributed by atoms with E-state index in [-0.39, 0.29) is 5.91 Å². The number of benzene rings is 1. The number of anilines is 2. The van der Waals surface area contributed by atoms with Gasteiger partial charge >= 0.3 is 0 Å². The van der Waals surface area contributed by atoms with E-state index in [1.165, 1.54) is 0 Å². The molecule has 6 nitrogen and oxygen atoms in total. The van der Waals surface area contributed by atoms with Crippen LogP contribution in [0.2, 0.25) is 0 Å². The van der Waals surface area contributed by atoms with Gasteiger partial charge in [0.1, 0.15) is 11.6 Å². The molecule has 0 saturated heterocycles. The number of pyridine rings is 1. The number of rotatable bonds is 7. The van der Waals surface area contributed by atoms with Crippen LogP contribution in [0.15, 0.2) is 42.6 Å². The van der Waals surface area contributed by atoms with Gasteiger partial charge in [0.15, 0.2) is 0 Å². The van der Waals surface area contributed by atoms with E-state index >= 15 is 0 Å². The summed E-state index contributed by atoms with van der Waals surface area (Å²) >= 11 is 0. The molecule has 6 heteroatoms. The second-order valence-electron chi connectivity index (χ2n) is 4.62. The van der Waals surface area contributed by atoms with Gasteiger partial charge in [0.05, 0.1) is 18.4 Å². The van der Waals surface area contributed by atoms with Gasteiger partial charge in [-0.25, -0.2) is 4.98 Å². The molecule has 0 radical (unpaired) electrons. The van der Waals surface area contributed by atoms with Crippen LogP contribution in [0, 0.1) is 0 Å². The third kappa shape index (κ3) is 3.95. The first-order chi connectivity index (χ1) is 10.8. The molecule has 22 heavy (non-hydrogen) atoms. The number of para-hydroxylation sites is 2. The number of hydrogen-bond donors (Lipinski definition) is 3. The molecule has 0 unspecified atom stereocenters. The Morgan fingerprint density at radius 3 is 2.86 bits per heavy atom. The lowest BCUT2D eigenvalue weighted by atomic mass is 10.2. The van der Waals surface area contributed by atoms with Gasteiger partial charge in [0.2, 0.25) is 0 Å². The van der Waals surface area contributed by atoms with Crippen LogP contribution in [0.3, 0.4) is 0 Å². The average Bonchev–Trinajstić information content (AvgIpc) is 2.56. The van der Waals surface area contributed by atoms with Gasteiger partial charge in [0.25, 0.3) is 5.91 Å². The molecule has 0 atom stereocenters. The van der Waals surface area contributed by atoms with Crippen molar-refractivity contribution in [3.05, 3.63) is 48.2 Å². The number of carbonyl (C=O) groups excluding carboxylic acids is 1. The Morgan fingerprint density at radius 2 is 2.09 bits per heavy atom. The zero-order valence-electron chi connectivity index (χ0n) is 12.5. The van der Waals surface area contributed by atoms with Crippen molar-refractivity contribution in [2.24, 2.45) is 5.73 Å². The minimum Gasteiger partial charge on any atom is -0.495 e. The molecule has 0 bridgehead atoms. The molecule has 1 aromatic heterocycles. The summed E-state index contributed by atoms with van der Waals surface area (Å²) in [6.45, 7) is 1.08. The summed E-state index contributed by atoms with van der Waals surface area (Å²) < 4.78 is 5.29. The molecule has 1 amide bonds. The summed E-state index contributed by atoms with van der Waals surface area (Å²) in [6.07, 6.45) is 2.37. The minimum atomic E-state index is -0.182. The van der Waals surface area contributed by atoms with Crippen molar-refractivity contribution in [3.8, 4) is 5.75 Å². The standard InChI is InChI=1S/C16H20N4O2/c1-22-14-8-3-2-7-13(14)20-15-12(6-4-10-18-15)16(21)19-11-5-9-17/h2-4,6-8,10H,5,9,11,17H2,1H3,(H,18,20)(H,19,21). The van der Waals surface area contributed by atoms with E-state index in [1.807, 2.05) is 24.3 Å². The van der Waals surface area contributed by atoms with Crippen molar-refractivity contribution in [2.45, 2.75) is 6.42 Å². The maximum Gasteiger partial charge on any atom is 0.255 e. The molecule has 116 valence electrons. The molecule has 0 fully saturated rings. The summed E-state index contributed by atoms with van der Waals surface area (Å²) in [4.78, 5) is 16.5. The lowest BCUT2D eigenvalue weighted by Crippen LogP contribution is -2.26. The molecular formula is C16H20N4O2. The number of aromatic nitrogens is 1. The lowest BCUT2D eigenvalue weighted by molar-refractivity contribution is 0.0954. The summed E-state index contributed by atoms with van der Waals surface area (Å²) in [6, 6.07) is 10.9. The molecule has 1 heterocycles. The number of ether oxygens (including phenoxy) is 1. The minimum absolute atomic E-state index is 0.182. The fourth-order valence-corrected chi connectivity index (χ4v) is 1.96. The highest BCUT2D eigenvalue weighted by Gasteiger charge is 2.13. The van der Waals surface area contributed by atoms with Crippen molar-refractivity contribution in [1.29, 1.82) is 0 Å². The molecule has 0 aliphatic heterocycles. The first-order valence-corrected chi connectivity index (χ1v) is 7.09. The van der Waals surface area contributed by atoms with Crippen molar-refractivity contribution in [3.63, 3.8) is 0 Å². The number of methoxy groups -OCH3 is 1. The Bertz CT molecular complexity index is 631. The quantitative estimate of drug-likeness (QED) is 0.680. The van der Waals surface area contributed by atoms with E-state index in [2.05, 4.69) is 15.6 Å². The van der Waals surface area contributed by atoms with Gasteiger partial charge in [-0.3, -0.25) is 4.79 Å². The average molecular weight is 300 g/mol. The van der Waals surface area contributed by atoms with E-state index in [9.17, 15) is 4.79 Å². The number of carbonyl (C=O) groups is 1. The number of hydrogen-bond acceptors (Lipinski definition) is 5. The zero-order valence-corrected chi connectivity index (χ0v) is 12.5. The zero-order chi connectivity index (χ0) is 15.8. The highest BCUT2D eigenvalue weighted by molar-refractivity contribution is 5.99. The van der Waals surface area contributed by atoms with Crippen LogP contribution in [0.5, 0.6) is 5.75 Å². The largest absolute Gasteiger partial charge is 0.495 e. The highest BCUT2D eigenvalue weighted by Crippen LogP contribution is 2.27. The lowest BCUT2D eigenvalue weighted by Gasteiger charge is -2.13. The van der Waals surface area contributed by atoms with Gasteiger partial charge in [-0.15, -0.1) is 0 Å². The van der Waals surface area contributed by atoms with Crippen LogP contribution in [-0.4, -0.2) is 31.1 Å². The second kappa shape index (κ2) is 7.99. The topological polar surface area (TPSA) is 89.3 Å². The number of amides is 1. The predicted molar refractivity (Wildman–Crippen MR) is 86.5 cm³/mol. The Labute approximate surface area is 129 Å². The van der Waals surface area contributed by atoms with Crippen molar-refractivity contribution in [2.75, 3.05) is 25.5 Å². The van der Waals surface area contributed by atoms with E-state index in [0.29, 0.717) is 30.2 Å². The Kier molecular flexibility index (Phi) is 5.73. The Morgan fingerprint density at radius 1 is 1.27 bits per heavy atom. The molecule has 2 rings (SSSR count).